The summed E-state index contributed by atoms with van der Waals surface area (Å²) in [6.45, 7) is 12.7. The van der Waals surface area contributed by atoms with Crippen molar-refractivity contribution in [2.24, 2.45) is 0 Å². The molecule has 0 saturated carbocycles. The summed E-state index contributed by atoms with van der Waals surface area (Å²) >= 11 is 35.4. The second-order valence-electron chi connectivity index (χ2n) is 20.1. The lowest BCUT2D eigenvalue weighted by molar-refractivity contribution is 0.465. The van der Waals surface area contributed by atoms with Crippen LogP contribution in [0.5, 0.6) is 34.5 Å². The second kappa shape index (κ2) is 38.1. The molecule has 0 unspecified atom stereocenters. The highest BCUT2D eigenvalue weighted by Crippen LogP contribution is 2.37. The van der Waals surface area contributed by atoms with Crippen molar-refractivity contribution in [3.05, 3.63) is 245 Å². The van der Waals surface area contributed by atoms with Crippen LogP contribution < -0.4 is 0 Å². The van der Waals surface area contributed by atoms with E-state index < -0.39 is 0 Å². The van der Waals surface area contributed by atoms with Gasteiger partial charge in [-0.25, -0.2) is 0 Å². The van der Waals surface area contributed by atoms with Gasteiger partial charge in [0.25, 0.3) is 0 Å². The van der Waals surface area contributed by atoms with Gasteiger partial charge in [0.2, 0.25) is 0 Å². The number of rotatable bonds is 17. The molecule has 0 bridgehead atoms. The zero-order valence-corrected chi connectivity index (χ0v) is 52.1. The fourth-order valence-corrected chi connectivity index (χ4v) is 9.42. The van der Waals surface area contributed by atoms with E-state index in [1.54, 1.807) is 72.8 Å². The Morgan fingerprint density at radius 2 is 0.827 bits per heavy atom. The van der Waals surface area contributed by atoms with Gasteiger partial charge >= 0.3 is 0 Å². The third-order valence-electron chi connectivity index (χ3n) is 13.4. The lowest BCUT2D eigenvalue weighted by Gasteiger charge is -2.24. The first kappa shape index (κ1) is 69.6. The number of phenols is 6. The molecule has 434 valence electrons. The van der Waals surface area contributed by atoms with E-state index in [1.807, 2.05) is 104 Å². The SMILES string of the molecule is CCC(C)(C)c1cccc(O)c1Cl.CCCCCCCc1cccc(O)c1Cl.CCCCCCc1cccc(O)c1Cl.Cc1c(Cl)ccc(O)c1Cc1ccccc1.Oc1ccc(Cl)cc1.Oc1ccc(Cl)cc1Cc1ccccc1. The van der Waals surface area contributed by atoms with Gasteiger partial charge in [-0.2, -0.15) is 0 Å². The topological polar surface area (TPSA) is 121 Å². The number of phenolic OH excluding ortho intramolecular Hbond substituents is 6. The van der Waals surface area contributed by atoms with Gasteiger partial charge in [0.05, 0.1) is 15.1 Å². The maximum Gasteiger partial charge on any atom is 0.134 e. The van der Waals surface area contributed by atoms with Crippen LogP contribution in [0.1, 0.15) is 143 Å². The van der Waals surface area contributed by atoms with E-state index in [1.165, 1.54) is 50.5 Å². The summed E-state index contributed by atoms with van der Waals surface area (Å²) in [6.07, 6.45) is 15.5. The van der Waals surface area contributed by atoms with Gasteiger partial charge in [0.15, 0.2) is 0 Å². The molecule has 0 fully saturated rings. The fraction of sp³-hybridized carbons (Fsp3) is 0.304. The second-order valence-corrected chi connectivity index (χ2v) is 22.5. The number of hydrogen-bond acceptors (Lipinski definition) is 6. The van der Waals surface area contributed by atoms with Crippen LogP contribution in [-0.2, 0) is 31.1 Å². The Labute approximate surface area is 512 Å². The highest BCUT2D eigenvalue weighted by molar-refractivity contribution is 6.33. The minimum Gasteiger partial charge on any atom is -0.508 e. The van der Waals surface area contributed by atoms with Gasteiger partial charge in [-0.15, -0.1) is 0 Å². The summed E-state index contributed by atoms with van der Waals surface area (Å²) in [5, 5.41) is 59.9. The van der Waals surface area contributed by atoms with Gasteiger partial charge in [-0.3, -0.25) is 0 Å². The Kier molecular flexibility index (Phi) is 32.8. The number of halogens is 6. The lowest BCUT2D eigenvalue weighted by atomic mass is 9.82. The molecule has 0 spiro atoms. The molecule has 8 aromatic rings. The predicted molar refractivity (Wildman–Crippen MR) is 346 cm³/mol. The minimum absolute atomic E-state index is 0.0236. The van der Waals surface area contributed by atoms with E-state index in [4.69, 9.17) is 74.7 Å². The normalized spacial score (nSPS) is 10.5. The Morgan fingerprint density at radius 1 is 0.383 bits per heavy atom. The maximum atomic E-state index is 9.82. The third kappa shape index (κ3) is 26.0. The van der Waals surface area contributed by atoms with Crippen LogP contribution in [0.4, 0.5) is 0 Å². The van der Waals surface area contributed by atoms with Crippen molar-refractivity contribution in [2.75, 3.05) is 0 Å². The fourth-order valence-electron chi connectivity index (χ4n) is 8.10. The number of aromatic hydroxyl groups is 6. The van der Waals surface area contributed by atoms with Gasteiger partial charge < -0.3 is 30.6 Å². The van der Waals surface area contributed by atoms with Crippen molar-refractivity contribution in [2.45, 2.75) is 137 Å². The highest BCUT2D eigenvalue weighted by atomic mass is 35.5. The first-order valence-corrected chi connectivity index (χ1v) is 29.9. The smallest absolute Gasteiger partial charge is 0.134 e. The highest BCUT2D eigenvalue weighted by Gasteiger charge is 2.22. The van der Waals surface area contributed by atoms with Gasteiger partial charge in [0, 0.05) is 33.5 Å². The maximum absolute atomic E-state index is 9.82. The van der Waals surface area contributed by atoms with Crippen LogP contribution >= 0.6 is 69.6 Å². The van der Waals surface area contributed by atoms with Crippen molar-refractivity contribution in [3.8, 4) is 34.5 Å². The molecule has 0 aliphatic heterocycles. The van der Waals surface area contributed by atoms with Crippen LogP contribution in [0.3, 0.4) is 0 Å². The predicted octanol–water partition coefficient (Wildman–Crippen LogP) is 22.1. The average molecular weight is 1220 g/mol. The molecule has 81 heavy (non-hydrogen) atoms. The van der Waals surface area contributed by atoms with Crippen LogP contribution in [0, 0.1) is 6.92 Å². The minimum atomic E-state index is 0.0236. The molecule has 0 atom stereocenters. The Morgan fingerprint density at radius 3 is 1.32 bits per heavy atom. The summed E-state index contributed by atoms with van der Waals surface area (Å²) in [5.41, 5.74) is 8.19. The summed E-state index contributed by atoms with van der Waals surface area (Å²) in [4.78, 5) is 0. The molecule has 0 saturated heterocycles. The zero-order chi connectivity index (χ0) is 59.7. The molecule has 0 heterocycles. The standard InChI is InChI=1S/C14H13ClO.C13H11ClO.C13H19ClO.C12H17ClO.C11H15ClO.C6H5ClO/c1-10-12(14(16)8-7-13(10)15)9-11-5-3-2-4-6-11;14-12-6-7-13(15)11(9-12)8-10-4-2-1-3-5-10;1-2-3-4-5-6-8-11-9-7-10-12(15)13(11)14;1-2-3-4-5-7-10-8-6-9-11(14)12(10)13;1-4-11(2,3)8-6-5-7-9(13)10(8)12;7-5-1-3-6(8)4-2-5/h2-8,16H,9H2,1H3;1-7,9,15H,8H2;7,9-10,15H,2-6,8H2,1H3;6,8-9,14H,2-5,7H2,1H3;5-7,13H,4H2,1-3H3;1-4,8H. The van der Waals surface area contributed by atoms with Crippen LogP contribution in [0.25, 0.3) is 0 Å². The van der Waals surface area contributed by atoms with E-state index >= 15 is 0 Å². The quantitative estimate of drug-likeness (QED) is 0.0505. The molecule has 6 N–H and O–H groups in total. The number of unbranched alkanes of at least 4 members (excludes halogenated alkanes) is 7. The van der Waals surface area contributed by atoms with Gasteiger partial charge in [0.1, 0.15) is 34.5 Å². The number of benzene rings is 8. The molecule has 8 aromatic carbocycles. The molecule has 0 amide bonds. The van der Waals surface area contributed by atoms with Crippen molar-refractivity contribution < 1.29 is 30.6 Å². The van der Waals surface area contributed by atoms with E-state index in [9.17, 15) is 25.5 Å². The number of aryl methyl sites for hydroxylation is 2. The molecular weight excluding hydrogens is 1140 g/mol. The van der Waals surface area contributed by atoms with Gasteiger partial charge in [-0.1, -0.05) is 246 Å². The Hall–Kier alpha value is -5.70. The van der Waals surface area contributed by atoms with Crippen LogP contribution in [0.2, 0.25) is 30.1 Å². The largest absolute Gasteiger partial charge is 0.508 e. The summed E-state index contributed by atoms with van der Waals surface area (Å²) < 4.78 is 0. The summed E-state index contributed by atoms with van der Waals surface area (Å²) in [7, 11) is 0. The lowest BCUT2D eigenvalue weighted by Crippen LogP contribution is -2.15. The van der Waals surface area contributed by atoms with E-state index in [0.717, 1.165) is 71.0 Å². The molecule has 0 aliphatic rings. The summed E-state index contributed by atoms with van der Waals surface area (Å²) in [5.74, 6) is 1.41. The zero-order valence-electron chi connectivity index (χ0n) is 47.5. The van der Waals surface area contributed by atoms with Crippen LogP contribution in [0.15, 0.2) is 170 Å². The van der Waals surface area contributed by atoms with E-state index in [0.29, 0.717) is 54.5 Å². The third-order valence-corrected chi connectivity index (χ3v) is 15.6. The first-order valence-electron chi connectivity index (χ1n) is 27.6. The molecule has 0 aliphatic carbocycles. The molecule has 0 radical (unpaired) electrons. The molecule has 12 heteroatoms. The number of hydrogen-bond donors (Lipinski definition) is 6. The van der Waals surface area contributed by atoms with Crippen molar-refractivity contribution in [1.29, 1.82) is 0 Å². The molecular formula is C69H80Cl6O6. The average Bonchev–Trinajstić information content (AvgIpc) is 3.49. The molecule has 6 nitrogen and oxygen atoms in total. The van der Waals surface area contributed by atoms with Crippen molar-refractivity contribution in [1.82, 2.24) is 0 Å². The Bertz CT molecular complexity index is 3020. The van der Waals surface area contributed by atoms with Crippen LogP contribution in [-0.4, -0.2) is 30.6 Å². The van der Waals surface area contributed by atoms with E-state index in [2.05, 4.69) is 34.6 Å². The van der Waals surface area contributed by atoms with E-state index in [-0.39, 0.29) is 28.4 Å². The Balaban J connectivity index is 0.000000257. The van der Waals surface area contributed by atoms with Crippen molar-refractivity contribution >= 4 is 69.6 Å². The van der Waals surface area contributed by atoms with Crippen molar-refractivity contribution in [3.63, 3.8) is 0 Å². The molecule has 8 rings (SSSR count). The monoisotopic (exact) mass is 1210 g/mol. The van der Waals surface area contributed by atoms with Gasteiger partial charge in [-0.05, 0) is 156 Å². The summed E-state index contributed by atoms with van der Waals surface area (Å²) in [6, 6.07) is 51.2. The first-order chi connectivity index (χ1) is 38.7. The molecule has 0 aromatic heterocycles.